The maximum Gasteiger partial charge on any atom is 0.244 e. The quantitative estimate of drug-likeness (QED) is 0.803. The molecule has 20 heavy (non-hydrogen) atoms. The van der Waals surface area contributed by atoms with E-state index >= 15 is 0 Å². The fourth-order valence-corrected chi connectivity index (χ4v) is 3.82. The van der Waals surface area contributed by atoms with Gasteiger partial charge in [-0.2, -0.15) is 4.37 Å². The van der Waals surface area contributed by atoms with E-state index in [2.05, 4.69) is 9.69 Å². The van der Waals surface area contributed by atoms with Gasteiger partial charge in [-0.05, 0) is 25.4 Å². The fourth-order valence-electron chi connectivity index (χ4n) is 1.58. The van der Waals surface area contributed by atoms with Gasteiger partial charge in [-0.1, -0.05) is 6.92 Å². The first-order chi connectivity index (χ1) is 9.24. The van der Waals surface area contributed by atoms with Crippen LogP contribution in [0.15, 0.2) is 4.90 Å². The molecule has 1 rings (SSSR count). The largest absolute Gasteiger partial charge is 0.382 e. The van der Waals surface area contributed by atoms with Gasteiger partial charge in [0.05, 0.1) is 5.75 Å². The highest BCUT2D eigenvalue weighted by Crippen LogP contribution is 2.32. The molecule has 1 amide bonds. The summed E-state index contributed by atoms with van der Waals surface area (Å²) < 4.78 is 27.9. The summed E-state index contributed by atoms with van der Waals surface area (Å²) in [6.45, 7) is 5.65. The molecule has 1 aromatic heterocycles. The van der Waals surface area contributed by atoms with Gasteiger partial charge in [0.1, 0.15) is 15.9 Å². The smallest absolute Gasteiger partial charge is 0.244 e. The molecular formula is C11H20N4O3S2. The average molecular weight is 320 g/mol. The summed E-state index contributed by atoms with van der Waals surface area (Å²) in [6.07, 6.45) is 0. The Bertz CT molecular complexity index is 582. The zero-order chi connectivity index (χ0) is 15.5. The van der Waals surface area contributed by atoms with Crippen LogP contribution in [-0.4, -0.2) is 49.0 Å². The Morgan fingerprint density at radius 1 is 1.50 bits per heavy atom. The standard InChI is InChI=1S/C11H20N4O3S2/c1-5-15(4)11(16)7(3)13-10-8(9(12)14-19-10)20(17,18)6-2/h7,13H,5-6H2,1-4H3,(H2,12,14). The van der Waals surface area contributed by atoms with E-state index in [0.717, 1.165) is 11.5 Å². The molecule has 1 unspecified atom stereocenters. The van der Waals surface area contributed by atoms with Crippen molar-refractivity contribution in [1.29, 1.82) is 0 Å². The molecule has 0 radical (unpaired) electrons. The molecule has 0 bridgehead atoms. The third-order valence-electron chi connectivity index (χ3n) is 2.93. The number of carbonyl (C=O) groups excluding carboxylic acids is 1. The van der Waals surface area contributed by atoms with E-state index in [1.807, 2.05) is 6.92 Å². The number of nitrogens with one attached hydrogen (secondary N) is 1. The minimum Gasteiger partial charge on any atom is -0.382 e. The summed E-state index contributed by atoms with van der Waals surface area (Å²) in [4.78, 5) is 13.5. The van der Waals surface area contributed by atoms with Gasteiger partial charge < -0.3 is 16.0 Å². The lowest BCUT2D eigenvalue weighted by Gasteiger charge is -2.20. The highest BCUT2D eigenvalue weighted by Gasteiger charge is 2.26. The Hall–Kier alpha value is -1.35. The predicted molar refractivity (Wildman–Crippen MR) is 80.6 cm³/mol. The van der Waals surface area contributed by atoms with Crippen LogP contribution in [0.3, 0.4) is 0 Å². The second kappa shape index (κ2) is 6.40. The van der Waals surface area contributed by atoms with E-state index in [0.29, 0.717) is 11.5 Å². The van der Waals surface area contributed by atoms with Gasteiger partial charge in [-0.15, -0.1) is 0 Å². The highest BCUT2D eigenvalue weighted by molar-refractivity contribution is 7.91. The molecule has 0 saturated heterocycles. The Morgan fingerprint density at radius 2 is 2.10 bits per heavy atom. The topological polar surface area (TPSA) is 105 Å². The van der Waals surface area contributed by atoms with Gasteiger partial charge in [0.2, 0.25) is 5.91 Å². The van der Waals surface area contributed by atoms with Crippen molar-refractivity contribution in [2.24, 2.45) is 0 Å². The van der Waals surface area contributed by atoms with E-state index < -0.39 is 15.9 Å². The molecule has 0 aliphatic carbocycles. The second-order valence-corrected chi connectivity index (χ2v) is 7.34. The molecule has 1 aromatic rings. The molecule has 1 atom stereocenters. The highest BCUT2D eigenvalue weighted by atomic mass is 32.2. The first-order valence-electron chi connectivity index (χ1n) is 6.24. The minimum atomic E-state index is -3.48. The molecule has 7 nitrogen and oxygen atoms in total. The maximum atomic E-state index is 12.0. The normalized spacial score (nSPS) is 13.0. The Morgan fingerprint density at radius 3 is 2.60 bits per heavy atom. The second-order valence-electron chi connectivity index (χ2n) is 4.35. The lowest BCUT2D eigenvalue weighted by molar-refractivity contribution is -0.130. The molecule has 9 heteroatoms. The molecule has 114 valence electrons. The van der Waals surface area contributed by atoms with Gasteiger partial charge in [0, 0.05) is 13.6 Å². The van der Waals surface area contributed by atoms with Crippen LogP contribution in [0.25, 0.3) is 0 Å². The SMILES string of the molecule is CCN(C)C(=O)C(C)Nc1snc(N)c1S(=O)(=O)CC. The summed E-state index contributed by atoms with van der Waals surface area (Å²) in [6, 6.07) is -0.550. The van der Waals surface area contributed by atoms with Crippen LogP contribution in [0.2, 0.25) is 0 Å². The zero-order valence-corrected chi connectivity index (χ0v) is 13.6. The zero-order valence-electron chi connectivity index (χ0n) is 12.0. The number of amides is 1. The Balaban J connectivity index is 3.03. The first kappa shape index (κ1) is 16.7. The lowest BCUT2D eigenvalue weighted by atomic mass is 10.3. The summed E-state index contributed by atoms with van der Waals surface area (Å²) in [5.41, 5.74) is 5.63. The first-order valence-corrected chi connectivity index (χ1v) is 8.66. The van der Waals surface area contributed by atoms with Crippen molar-refractivity contribution in [2.75, 3.05) is 30.4 Å². The van der Waals surface area contributed by atoms with Crippen molar-refractivity contribution >= 4 is 38.1 Å². The van der Waals surface area contributed by atoms with Crippen LogP contribution in [0.4, 0.5) is 10.8 Å². The third-order valence-corrected chi connectivity index (χ3v) is 5.65. The van der Waals surface area contributed by atoms with E-state index in [-0.39, 0.29) is 22.4 Å². The summed E-state index contributed by atoms with van der Waals surface area (Å²) in [5.74, 6) is -0.219. The van der Waals surface area contributed by atoms with E-state index in [1.165, 1.54) is 6.92 Å². The van der Waals surface area contributed by atoms with E-state index in [1.54, 1.807) is 18.9 Å². The van der Waals surface area contributed by atoms with Crippen LogP contribution >= 0.6 is 11.5 Å². The monoisotopic (exact) mass is 320 g/mol. The van der Waals surface area contributed by atoms with Gasteiger partial charge in [-0.3, -0.25) is 4.79 Å². The number of nitrogens with zero attached hydrogens (tertiary/aromatic N) is 2. The van der Waals surface area contributed by atoms with E-state index in [9.17, 15) is 13.2 Å². The number of likely N-dealkylation sites (N-methyl/N-ethyl adjacent to an activating group) is 1. The van der Waals surface area contributed by atoms with Crippen molar-refractivity contribution in [1.82, 2.24) is 9.27 Å². The number of anilines is 2. The number of hydrogen-bond donors (Lipinski definition) is 2. The number of rotatable bonds is 6. The number of aromatic nitrogens is 1. The van der Waals surface area contributed by atoms with Crippen LogP contribution in [0, 0.1) is 0 Å². The van der Waals surface area contributed by atoms with Crippen LogP contribution in [0.1, 0.15) is 20.8 Å². The molecule has 1 heterocycles. The Kier molecular flexibility index (Phi) is 5.35. The Labute approximate surface area is 123 Å². The van der Waals surface area contributed by atoms with Crippen molar-refractivity contribution in [3.05, 3.63) is 0 Å². The summed E-state index contributed by atoms with van der Waals surface area (Å²) >= 11 is 0.947. The van der Waals surface area contributed by atoms with Gasteiger partial charge in [0.15, 0.2) is 15.7 Å². The summed E-state index contributed by atoms with van der Waals surface area (Å²) in [7, 11) is -1.79. The molecule has 0 aliphatic heterocycles. The average Bonchev–Trinajstić information content (AvgIpc) is 2.78. The molecule has 0 aromatic carbocycles. The lowest BCUT2D eigenvalue weighted by Crippen LogP contribution is -2.38. The molecule has 0 spiro atoms. The maximum absolute atomic E-state index is 12.0. The number of nitrogens with two attached hydrogens (primary N) is 1. The number of nitrogen functional groups attached to an aromatic ring is 1. The minimum absolute atomic E-state index is 0.0104. The van der Waals surface area contributed by atoms with Crippen molar-refractivity contribution in [3.63, 3.8) is 0 Å². The molecule has 0 saturated carbocycles. The third kappa shape index (κ3) is 3.40. The van der Waals surface area contributed by atoms with E-state index in [4.69, 9.17) is 5.73 Å². The van der Waals surface area contributed by atoms with Crippen LogP contribution < -0.4 is 11.1 Å². The molecule has 3 N–H and O–H groups in total. The van der Waals surface area contributed by atoms with Gasteiger partial charge >= 0.3 is 0 Å². The van der Waals surface area contributed by atoms with Gasteiger partial charge in [-0.25, -0.2) is 8.42 Å². The summed E-state index contributed by atoms with van der Waals surface area (Å²) in [5, 5.41) is 3.21. The number of hydrogen-bond acceptors (Lipinski definition) is 7. The fraction of sp³-hybridized carbons (Fsp3) is 0.636. The van der Waals surface area contributed by atoms with Crippen molar-refractivity contribution in [3.8, 4) is 0 Å². The van der Waals surface area contributed by atoms with Crippen molar-refractivity contribution in [2.45, 2.75) is 31.7 Å². The number of sulfone groups is 1. The predicted octanol–water partition coefficient (Wildman–Crippen LogP) is 0.798. The van der Waals surface area contributed by atoms with Crippen molar-refractivity contribution < 1.29 is 13.2 Å². The molecular weight excluding hydrogens is 300 g/mol. The number of carbonyl (C=O) groups is 1. The molecule has 0 fully saturated rings. The van der Waals surface area contributed by atoms with Crippen LogP contribution in [-0.2, 0) is 14.6 Å². The van der Waals surface area contributed by atoms with Gasteiger partial charge in [0.25, 0.3) is 0 Å². The molecule has 0 aliphatic rings. The van der Waals surface area contributed by atoms with Crippen LogP contribution in [0.5, 0.6) is 0 Å².